The number of hydrogen-bond donors (Lipinski definition) is 1. The highest BCUT2D eigenvalue weighted by Crippen LogP contribution is 2.31. The molecule has 0 spiro atoms. The lowest BCUT2D eigenvalue weighted by Crippen LogP contribution is -2.16. The van der Waals surface area contributed by atoms with Gasteiger partial charge in [0.05, 0.1) is 5.69 Å². The summed E-state index contributed by atoms with van der Waals surface area (Å²) in [6, 6.07) is 0. The van der Waals surface area contributed by atoms with Crippen LogP contribution in [0, 0.1) is 6.92 Å². The molecule has 0 saturated carbocycles. The summed E-state index contributed by atoms with van der Waals surface area (Å²) in [7, 11) is 0. The molecule has 1 N–H and O–H groups in total. The minimum Gasteiger partial charge on any atom is -0.475 e. The highest BCUT2D eigenvalue weighted by atomic mass is 16.5. The molecule has 1 saturated heterocycles. The average molecular weight is 211 g/mol. The largest absolute Gasteiger partial charge is 0.475 e. The van der Waals surface area contributed by atoms with Crippen LogP contribution in [0.15, 0.2) is 4.52 Å². The maximum absolute atomic E-state index is 10.9. The fourth-order valence-corrected chi connectivity index (χ4v) is 2.00. The third kappa shape index (κ3) is 1.87. The second-order valence-electron chi connectivity index (χ2n) is 3.70. The Bertz CT molecular complexity index is 365. The summed E-state index contributed by atoms with van der Waals surface area (Å²) in [4.78, 5) is 10.9. The SMILES string of the molecule is Cc1noc(C(=O)O)c1C1CCOCC1. The van der Waals surface area contributed by atoms with E-state index in [0.717, 1.165) is 18.4 Å². The molecule has 0 unspecified atom stereocenters. The normalized spacial score (nSPS) is 17.9. The molecule has 0 bridgehead atoms. The van der Waals surface area contributed by atoms with Crippen molar-refractivity contribution in [3.63, 3.8) is 0 Å². The third-order valence-corrected chi connectivity index (χ3v) is 2.73. The predicted octanol–water partition coefficient (Wildman–Crippen LogP) is 1.58. The summed E-state index contributed by atoms with van der Waals surface area (Å²) in [5.41, 5.74) is 1.42. The van der Waals surface area contributed by atoms with E-state index < -0.39 is 5.97 Å². The van der Waals surface area contributed by atoms with Crippen LogP contribution in [0.4, 0.5) is 0 Å². The van der Waals surface area contributed by atoms with E-state index in [9.17, 15) is 4.79 Å². The quantitative estimate of drug-likeness (QED) is 0.803. The fraction of sp³-hybridized carbons (Fsp3) is 0.600. The van der Waals surface area contributed by atoms with Crippen molar-refractivity contribution >= 4 is 5.97 Å². The smallest absolute Gasteiger partial charge is 0.375 e. The molecular weight excluding hydrogens is 198 g/mol. The Kier molecular flexibility index (Phi) is 2.73. The van der Waals surface area contributed by atoms with Crippen LogP contribution in [-0.2, 0) is 4.74 Å². The molecule has 1 aliphatic rings. The predicted molar refractivity (Wildman–Crippen MR) is 51.0 cm³/mol. The van der Waals surface area contributed by atoms with Crippen molar-refractivity contribution in [1.82, 2.24) is 5.16 Å². The van der Waals surface area contributed by atoms with Crippen LogP contribution in [0.1, 0.15) is 40.6 Å². The minimum absolute atomic E-state index is 0.0144. The number of ether oxygens (including phenoxy) is 1. The van der Waals surface area contributed by atoms with Crippen LogP contribution in [-0.4, -0.2) is 29.4 Å². The van der Waals surface area contributed by atoms with Crippen molar-refractivity contribution in [2.45, 2.75) is 25.7 Å². The van der Waals surface area contributed by atoms with Crippen molar-refractivity contribution in [1.29, 1.82) is 0 Å². The molecule has 15 heavy (non-hydrogen) atoms. The number of aromatic nitrogens is 1. The van der Waals surface area contributed by atoms with Crippen LogP contribution in [0.2, 0.25) is 0 Å². The van der Waals surface area contributed by atoms with E-state index in [0.29, 0.717) is 18.9 Å². The van der Waals surface area contributed by atoms with Gasteiger partial charge in [-0.05, 0) is 25.7 Å². The summed E-state index contributed by atoms with van der Waals surface area (Å²) in [6.07, 6.45) is 1.67. The molecular formula is C10H13NO4. The first-order valence-corrected chi connectivity index (χ1v) is 4.97. The first kappa shape index (κ1) is 10.2. The van der Waals surface area contributed by atoms with Gasteiger partial charge in [-0.1, -0.05) is 5.16 Å². The molecule has 0 aliphatic carbocycles. The minimum atomic E-state index is -1.04. The number of carboxylic acids is 1. The van der Waals surface area contributed by atoms with Gasteiger partial charge >= 0.3 is 5.97 Å². The molecule has 1 fully saturated rings. The summed E-state index contributed by atoms with van der Waals surface area (Å²) in [5.74, 6) is -0.854. The van der Waals surface area contributed by atoms with E-state index in [4.69, 9.17) is 14.4 Å². The second kappa shape index (κ2) is 4.02. The van der Waals surface area contributed by atoms with Gasteiger partial charge in [0, 0.05) is 18.8 Å². The lowest BCUT2D eigenvalue weighted by atomic mass is 9.90. The van der Waals surface area contributed by atoms with Crippen molar-refractivity contribution < 1.29 is 19.2 Å². The Morgan fingerprint density at radius 3 is 2.73 bits per heavy atom. The number of carboxylic acid groups (broad SMARTS) is 1. The molecule has 0 radical (unpaired) electrons. The summed E-state index contributed by atoms with van der Waals surface area (Å²) < 4.78 is 10.1. The highest BCUT2D eigenvalue weighted by molar-refractivity contribution is 5.86. The monoisotopic (exact) mass is 211 g/mol. The number of aromatic carboxylic acids is 1. The average Bonchev–Trinajstić information content (AvgIpc) is 2.61. The van der Waals surface area contributed by atoms with E-state index in [1.807, 2.05) is 0 Å². The molecule has 0 atom stereocenters. The summed E-state index contributed by atoms with van der Waals surface area (Å²) in [5, 5.41) is 12.7. The lowest BCUT2D eigenvalue weighted by Gasteiger charge is -2.21. The van der Waals surface area contributed by atoms with E-state index in [1.165, 1.54) is 0 Å². The molecule has 0 aromatic carbocycles. The van der Waals surface area contributed by atoms with Crippen LogP contribution in [0.25, 0.3) is 0 Å². The van der Waals surface area contributed by atoms with E-state index >= 15 is 0 Å². The van der Waals surface area contributed by atoms with Crippen LogP contribution < -0.4 is 0 Å². The fourth-order valence-electron chi connectivity index (χ4n) is 2.00. The Hall–Kier alpha value is -1.36. The van der Waals surface area contributed by atoms with Crippen molar-refractivity contribution in [3.8, 4) is 0 Å². The van der Waals surface area contributed by atoms with Gasteiger partial charge in [-0.3, -0.25) is 0 Å². The van der Waals surface area contributed by atoms with Crippen LogP contribution in [0.3, 0.4) is 0 Å². The van der Waals surface area contributed by atoms with Gasteiger partial charge in [0.25, 0.3) is 0 Å². The zero-order chi connectivity index (χ0) is 10.8. The molecule has 1 aromatic heterocycles. The van der Waals surface area contributed by atoms with Gasteiger partial charge in [0.1, 0.15) is 0 Å². The first-order chi connectivity index (χ1) is 7.20. The van der Waals surface area contributed by atoms with Crippen LogP contribution >= 0.6 is 0 Å². The Morgan fingerprint density at radius 1 is 1.47 bits per heavy atom. The van der Waals surface area contributed by atoms with Gasteiger partial charge in [-0.2, -0.15) is 0 Å². The first-order valence-electron chi connectivity index (χ1n) is 4.97. The zero-order valence-electron chi connectivity index (χ0n) is 8.52. The molecule has 0 amide bonds. The van der Waals surface area contributed by atoms with Crippen molar-refractivity contribution in [2.75, 3.05) is 13.2 Å². The number of nitrogens with zero attached hydrogens (tertiary/aromatic N) is 1. The number of rotatable bonds is 2. The van der Waals surface area contributed by atoms with Gasteiger partial charge < -0.3 is 14.4 Å². The topological polar surface area (TPSA) is 72.6 Å². The van der Waals surface area contributed by atoms with Gasteiger partial charge in [-0.15, -0.1) is 0 Å². The molecule has 1 aliphatic heterocycles. The molecule has 5 heteroatoms. The Balaban J connectivity index is 2.32. The van der Waals surface area contributed by atoms with Gasteiger partial charge in [0.15, 0.2) is 0 Å². The third-order valence-electron chi connectivity index (χ3n) is 2.73. The lowest BCUT2D eigenvalue weighted by molar-refractivity contribution is 0.0639. The van der Waals surface area contributed by atoms with E-state index in [2.05, 4.69) is 5.16 Å². The van der Waals surface area contributed by atoms with Crippen LogP contribution in [0.5, 0.6) is 0 Å². The van der Waals surface area contributed by atoms with E-state index in [-0.39, 0.29) is 11.7 Å². The van der Waals surface area contributed by atoms with Crippen molar-refractivity contribution in [2.24, 2.45) is 0 Å². The molecule has 82 valence electrons. The number of carbonyl (C=O) groups is 1. The molecule has 2 heterocycles. The Morgan fingerprint density at radius 2 is 2.13 bits per heavy atom. The zero-order valence-corrected chi connectivity index (χ0v) is 8.52. The van der Waals surface area contributed by atoms with Crippen molar-refractivity contribution in [3.05, 3.63) is 17.0 Å². The highest BCUT2D eigenvalue weighted by Gasteiger charge is 2.27. The molecule has 2 rings (SSSR count). The summed E-state index contributed by atoms with van der Waals surface area (Å²) >= 11 is 0. The maximum atomic E-state index is 10.9. The Labute approximate surface area is 87.0 Å². The molecule has 1 aromatic rings. The second-order valence-corrected chi connectivity index (χ2v) is 3.70. The number of hydrogen-bond acceptors (Lipinski definition) is 4. The number of aryl methyl sites for hydroxylation is 1. The maximum Gasteiger partial charge on any atom is 0.375 e. The molecule has 5 nitrogen and oxygen atoms in total. The van der Waals surface area contributed by atoms with Gasteiger partial charge in [-0.25, -0.2) is 4.79 Å². The van der Waals surface area contributed by atoms with E-state index in [1.54, 1.807) is 6.92 Å². The van der Waals surface area contributed by atoms with Gasteiger partial charge in [0.2, 0.25) is 5.76 Å². The summed E-state index contributed by atoms with van der Waals surface area (Å²) in [6.45, 7) is 3.13. The standard InChI is InChI=1S/C10H13NO4/c1-6-8(7-2-4-14-5-3-7)9(10(12)13)15-11-6/h7H,2-5H2,1H3,(H,12,13).